The molecule has 2 rings (SSSR count). The molecule has 4 atom stereocenters. The minimum absolute atomic E-state index is 0.0153. The molecule has 25 heavy (non-hydrogen) atoms. The molecule has 0 aliphatic carbocycles. The second-order valence-electron chi connectivity index (χ2n) is 6.46. The van der Waals surface area contributed by atoms with Crippen molar-refractivity contribution in [3.63, 3.8) is 0 Å². The Hall–Kier alpha value is 0.460. The molecule has 0 unspecified atom stereocenters. The normalized spacial score (nSPS) is 29.9. The molecule has 1 N–H and O–H groups in total. The molecule has 144 valence electrons. The first-order valence-corrected chi connectivity index (χ1v) is 10.3. The van der Waals surface area contributed by atoms with Crippen LogP contribution in [0.3, 0.4) is 0 Å². The van der Waals surface area contributed by atoms with E-state index in [9.17, 15) is 0 Å². The topological polar surface area (TPSA) is 73.1 Å². The summed E-state index contributed by atoms with van der Waals surface area (Å²) in [6.45, 7) is 6.46. The van der Waals surface area contributed by atoms with Gasteiger partial charge in [0.1, 0.15) is 12.1 Å². The predicted octanol–water partition coefficient (Wildman–Crippen LogP) is 4.27. The van der Waals surface area contributed by atoms with E-state index in [0.29, 0.717) is 18.9 Å². The second-order valence-corrected chi connectivity index (χ2v) is 10.3. The van der Waals surface area contributed by atoms with Crippen LogP contribution in [0.15, 0.2) is 4.99 Å². The van der Waals surface area contributed by atoms with Gasteiger partial charge >= 0.3 is 0 Å². The maximum Gasteiger partial charge on any atom is 0.265 e. The zero-order valence-electron chi connectivity index (χ0n) is 14.2. The monoisotopic (exact) mass is 526 g/mol. The number of halogens is 4. The lowest BCUT2D eigenvalue weighted by Gasteiger charge is -2.24. The number of nitrogens with one attached hydrogen (secondary N) is 1. The van der Waals surface area contributed by atoms with Crippen molar-refractivity contribution < 1.29 is 18.9 Å². The van der Waals surface area contributed by atoms with E-state index in [1.54, 1.807) is 0 Å². The van der Waals surface area contributed by atoms with Crippen LogP contribution in [-0.4, -0.2) is 56.8 Å². The fraction of sp³-hybridized carbons (Fsp3) is 0.867. The van der Waals surface area contributed by atoms with Gasteiger partial charge in [0.25, 0.3) is 3.79 Å². The van der Waals surface area contributed by atoms with E-state index in [0.717, 1.165) is 6.42 Å². The lowest BCUT2D eigenvalue weighted by atomic mass is 10.0. The van der Waals surface area contributed by atoms with E-state index in [-0.39, 0.29) is 28.8 Å². The summed E-state index contributed by atoms with van der Waals surface area (Å²) in [5, 5.41) is 7.56. The quantitative estimate of drug-likeness (QED) is 0.242. The molecular weight excluding hydrogens is 505 g/mol. The van der Waals surface area contributed by atoms with Crippen molar-refractivity contribution in [2.45, 2.75) is 65.4 Å². The maximum atomic E-state index is 7.56. The van der Waals surface area contributed by atoms with Crippen molar-refractivity contribution in [3.05, 3.63) is 0 Å². The fourth-order valence-corrected chi connectivity index (χ4v) is 4.14. The smallest absolute Gasteiger partial charge is 0.265 e. The number of nitrogens with zero attached hydrogens (tertiary/aromatic N) is 1. The standard InChI is InChI=1S/C15H22Cl3IN2O4/c1-8-21-12(10(19)6-9-7-23-14(2,3)25-9)11(24-8)4-5-22-13(20)15(16,17)18/h9-12,20H,4-7H2,1-3H3/t9-,10+,11-,12-/m0/s1. The Balaban J connectivity index is 1.84. The van der Waals surface area contributed by atoms with Crippen LogP contribution in [0.5, 0.6) is 0 Å². The Labute approximate surface area is 176 Å². The van der Waals surface area contributed by atoms with Crippen molar-refractivity contribution in [1.29, 1.82) is 5.41 Å². The number of alkyl halides is 4. The van der Waals surface area contributed by atoms with Crippen molar-refractivity contribution in [1.82, 2.24) is 0 Å². The summed E-state index contributed by atoms with van der Waals surface area (Å²) in [7, 11) is 0. The van der Waals surface area contributed by atoms with E-state index < -0.39 is 15.5 Å². The van der Waals surface area contributed by atoms with Crippen LogP contribution in [0.2, 0.25) is 0 Å². The van der Waals surface area contributed by atoms with E-state index in [2.05, 4.69) is 27.6 Å². The molecule has 0 aromatic carbocycles. The Morgan fingerprint density at radius 1 is 1.48 bits per heavy atom. The summed E-state index contributed by atoms with van der Waals surface area (Å²) >= 11 is 19.2. The molecular formula is C15H22Cl3IN2O4. The predicted molar refractivity (Wildman–Crippen MR) is 108 cm³/mol. The van der Waals surface area contributed by atoms with E-state index in [1.807, 2.05) is 20.8 Å². The molecule has 0 bridgehead atoms. The average Bonchev–Trinajstić information content (AvgIpc) is 3.00. The summed E-state index contributed by atoms with van der Waals surface area (Å²) < 4.78 is 20.9. The highest BCUT2D eigenvalue weighted by molar-refractivity contribution is 14.1. The summed E-state index contributed by atoms with van der Waals surface area (Å²) in [5.41, 5.74) is 0. The van der Waals surface area contributed by atoms with Gasteiger partial charge in [0, 0.05) is 17.3 Å². The fourth-order valence-electron chi connectivity index (χ4n) is 2.78. The third kappa shape index (κ3) is 6.53. The molecule has 0 spiro atoms. The molecule has 0 aromatic heterocycles. The van der Waals surface area contributed by atoms with Crippen LogP contribution in [-0.2, 0) is 18.9 Å². The summed E-state index contributed by atoms with van der Waals surface area (Å²) in [6.07, 6.45) is 1.26. The average molecular weight is 528 g/mol. The summed E-state index contributed by atoms with van der Waals surface area (Å²) in [6, 6.07) is -0.0153. The van der Waals surface area contributed by atoms with Gasteiger partial charge in [-0.2, -0.15) is 0 Å². The molecule has 10 heteroatoms. The first-order chi connectivity index (χ1) is 11.5. The lowest BCUT2D eigenvalue weighted by Crippen LogP contribution is -2.35. The number of ether oxygens (including phenoxy) is 4. The van der Waals surface area contributed by atoms with Crippen LogP contribution in [0.4, 0.5) is 0 Å². The minimum Gasteiger partial charge on any atom is -0.478 e. The van der Waals surface area contributed by atoms with E-state index in [1.165, 1.54) is 0 Å². The van der Waals surface area contributed by atoms with Crippen molar-refractivity contribution in [2.75, 3.05) is 13.2 Å². The van der Waals surface area contributed by atoms with Gasteiger partial charge in [-0.3, -0.25) is 5.41 Å². The Morgan fingerprint density at radius 3 is 2.72 bits per heavy atom. The molecule has 1 fully saturated rings. The highest BCUT2D eigenvalue weighted by Crippen LogP contribution is 2.32. The summed E-state index contributed by atoms with van der Waals surface area (Å²) in [5.74, 6) is -0.275. The number of rotatable bonds is 6. The highest BCUT2D eigenvalue weighted by atomic mass is 127. The first kappa shape index (κ1) is 21.8. The van der Waals surface area contributed by atoms with Crippen LogP contribution < -0.4 is 0 Å². The molecule has 0 radical (unpaired) electrons. The Morgan fingerprint density at radius 2 is 2.16 bits per heavy atom. The highest BCUT2D eigenvalue weighted by Gasteiger charge is 2.39. The van der Waals surface area contributed by atoms with Crippen LogP contribution >= 0.6 is 57.4 Å². The molecule has 2 aliphatic heterocycles. The summed E-state index contributed by atoms with van der Waals surface area (Å²) in [4.78, 5) is 4.60. The number of aliphatic imine (C=N–C) groups is 1. The van der Waals surface area contributed by atoms with Gasteiger partial charge in [-0.15, -0.1) is 0 Å². The van der Waals surface area contributed by atoms with Gasteiger partial charge in [0.2, 0.25) is 5.90 Å². The SMILES string of the molecule is CC1=N[C@@H]([C@H](I)C[C@H]2COC(C)(C)O2)[C@H](CCOC(=N)C(Cl)(Cl)Cl)O1. The second kappa shape index (κ2) is 8.65. The van der Waals surface area contributed by atoms with Crippen LogP contribution in [0.25, 0.3) is 0 Å². The van der Waals surface area contributed by atoms with Crippen LogP contribution in [0, 0.1) is 5.41 Å². The van der Waals surface area contributed by atoms with Crippen molar-refractivity contribution in [2.24, 2.45) is 4.99 Å². The molecule has 2 aliphatic rings. The van der Waals surface area contributed by atoms with Crippen molar-refractivity contribution >= 4 is 69.2 Å². The minimum atomic E-state index is -1.85. The maximum absolute atomic E-state index is 7.56. The Kier molecular flexibility index (Phi) is 7.52. The third-order valence-electron chi connectivity index (χ3n) is 3.87. The van der Waals surface area contributed by atoms with Gasteiger partial charge in [-0.05, 0) is 20.3 Å². The number of hydrogen-bond acceptors (Lipinski definition) is 6. The number of hydrogen-bond donors (Lipinski definition) is 1. The van der Waals surface area contributed by atoms with Gasteiger partial charge in [0.05, 0.1) is 19.3 Å². The first-order valence-electron chi connectivity index (χ1n) is 7.93. The molecule has 0 saturated carbocycles. The zero-order chi connectivity index (χ0) is 18.8. The zero-order valence-corrected chi connectivity index (χ0v) is 18.7. The third-order valence-corrected chi connectivity index (χ3v) is 5.63. The molecule has 6 nitrogen and oxygen atoms in total. The van der Waals surface area contributed by atoms with Gasteiger partial charge in [-0.25, -0.2) is 4.99 Å². The van der Waals surface area contributed by atoms with E-state index >= 15 is 0 Å². The molecule has 0 aromatic rings. The lowest BCUT2D eigenvalue weighted by molar-refractivity contribution is -0.138. The van der Waals surface area contributed by atoms with Crippen molar-refractivity contribution in [3.8, 4) is 0 Å². The van der Waals surface area contributed by atoms with Gasteiger partial charge in [-0.1, -0.05) is 57.4 Å². The molecule has 1 saturated heterocycles. The molecule has 0 amide bonds. The Bertz CT molecular complexity index is 527. The van der Waals surface area contributed by atoms with Gasteiger partial charge < -0.3 is 18.9 Å². The molecule has 2 heterocycles. The van der Waals surface area contributed by atoms with Crippen LogP contribution in [0.1, 0.15) is 33.6 Å². The van der Waals surface area contributed by atoms with E-state index in [4.69, 9.17) is 59.2 Å². The largest absolute Gasteiger partial charge is 0.478 e. The van der Waals surface area contributed by atoms with Gasteiger partial charge in [0.15, 0.2) is 11.7 Å².